The van der Waals surface area contributed by atoms with Gasteiger partial charge in [0, 0.05) is 51.5 Å². The number of fused-ring (bicyclic) bond motifs is 1. The molecular weight excluding hydrogens is 354 g/mol. The highest BCUT2D eigenvalue weighted by atomic mass is 16.5. The Morgan fingerprint density at radius 1 is 1.29 bits per heavy atom. The molecule has 1 aliphatic carbocycles. The summed E-state index contributed by atoms with van der Waals surface area (Å²) in [5, 5.41) is 6.41. The summed E-state index contributed by atoms with van der Waals surface area (Å²) in [4.78, 5) is 26.6. The molecule has 0 unspecified atom stereocenters. The van der Waals surface area contributed by atoms with Gasteiger partial charge in [0.15, 0.2) is 0 Å². The van der Waals surface area contributed by atoms with Gasteiger partial charge in [0.25, 0.3) is 0 Å². The summed E-state index contributed by atoms with van der Waals surface area (Å²) in [5.74, 6) is 1.47. The molecule has 1 saturated heterocycles. The Labute approximate surface area is 167 Å². The fraction of sp³-hybridized carbons (Fsp3) is 0.636. The van der Waals surface area contributed by atoms with Crippen molar-refractivity contribution in [2.75, 3.05) is 19.6 Å². The van der Waals surface area contributed by atoms with Crippen LogP contribution in [0.2, 0.25) is 0 Å². The first-order valence-electron chi connectivity index (χ1n) is 10.6. The van der Waals surface area contributed by atoms with Gasteiger partial charge in [-0.05, 0) is 18.4 Å². The molecule has 6 nitrogen and oxygen atoms in total. The maximum Gasteiger partial charge on any atom is 0.245 e. The lowest BCUT2D eigenvalue weighted by Crippen LogP contribution is -2.57. The summed E-state index contributed by atoms with van der Waals surface area (Å²) >= 11 is 0. The zero-order chi connectivity index (χ0) is 19.6. The van der Waals surface area contributed by atoms with Gasteiger partial charge in [0.1, 0.15) is 17.4 Å². The summed E-state index contributed by atoms with van der Waals surface area (Å²) in [6, 6.07) is 7.79. The van der Waals surface area contributed by atoms with E-state index in [0.717, 1.165) is 38.1 Å². The second-order valence-corrected chi connectivity index (χ2v) is 8.61. The highest BCUT2D eigenvalue weighted by Crippen LogP contribution is 2.34. The summed E-state index contributed by atoms with van der Waals surface area (Å²) in [5.41, 5.74) is 0.921. The number of hydrogen-bond acceptors (Lipinski definition) is 4. The molecule has 152 valence electrons. The molecule has 1 atom stereocenters. The van der Waals surface area contributed by atoms with Crippen LogP contribution >= 0.6 is 0 Å². The second-order valence-electron chi connectivity index (χ2n) is 8.61. The lowest BCUT2D eigenvalue weighted by atomic mass is 9.80. The number of carbonyl (C=O) groups excluding carboxylic acids is 2. The van der Waals surface area contributed by atoms with Gasteiger partial charge in [0.05, 0.1) is 0 Å². The minimum Gasteiger partial charge on any atom is -0.485 e. The highest BCUT2D eigenvalue weighted by Gasteiger charge is 2.41. The third kappa shape index (κ3) is 4.17. The van der Waals surface area contributed by atoms with Crippen molar-refractivity contribution in [3.8, 4) is 5.75 Å². The van der Waals surface area contributed by atoms with E-state index in [1.54, 1.807) is 0 Å². The zero-order valence-corrected chi connectivity index (χ0v) is 16.7. The Hall–Kier alpha value is -2.08. The van der Waals surface area contributed by atoms with Crippen molar-refractivity contribution in [2.45, 2.75) is 63.6 Å². The predicted molar refractivity (Wildman–Crippen MR) is 107 cm³/mol. The molecular formula is C22H31N3O3. The van der Waals surface area contributed by atoms with E-state index in [9.17, 15) is 9.59 Å². The van der Waals surface area contributed by atoms with Crippen molar-refractivity contribution in [1.82, 2.24) is 15.5 Å². The van der Waals surface area contributed by atoms with E-state index < -0.39 is 0 Å². The molecule has 0 bridgehead atoms. The summed E-state index contributed by atoms with van der Waals surface area (Å²) in [6.45, 7) is 4.44. The fourth-order valence-corrected chi connectivity index (χ4v) is 4.61. The molecule has 0 aromatic heterocycles. The van der Waals surface area contributed by atoms with E-state index in [4.69, 9.17) is 4.74 Å². The maximum absolute atomic E-state index is 13.1. The van der Waals surface area contributed by atoms with Gasteiger partial charge in [-0.1, -0.05) is 37.5 Å². The third-order valence-electron chi connectivity index (χ3n) is 6.52. The van der Waals surface area contributed by atoms with E-state index in [1.165, 1.54) is 31.7 Å². The summed E-state index contributed by atoms with van der Waals surface area (Å²) < 4.78 is 6.46. The normalized spacial score (nSPS) is 22.4. The number of piperidine rings is 1. The van der Waals surface area contributed by atoms with Crippen molar-refractivity contribution < 1.29 is 14.3 Å². The monoisotopic (exact) mass is 385 g/mol. The van der Waals surface area contributed by atoms with Crippen LogP contribution in [0.1, 0.15) is 51.0 Å². The van der Waals surface area contributed by atoms with Crippen LogP contribution < -0.4 is 15.4 Å². The molecule has 1 aromatic rings. The van der Waals surface area contributed by atoms with E-state index in [2.05, 4.69) is 16.7 Å². The minimum atomic E-state index is -0.384. The fourth-order valence-electron chi connectivity index (χ4n) is 4.61. The SMILES string of the molecule is CC(=O)N[C@H](CC1CCC1)C(=O)N1CCC2(CC1)CNCc1ccccc1O2. The molecule has 6 heteroatoms. The smallest absolute Gasteiger partial charge is 0.245 e. The lowest BCUT2D eigenvalue weighted by molar-refractivity contribution is -0.139. The Balaban J connectivity index is 1.39. The molecule has 1 spiro atoms. The van der Waals surface area contributed by atoms with Crippen LogP contribution in [0.4, 0.5) is 0 Å². The minimum absolute atomic E-state index is 0.0685. The number of likely N-dealkylation sites (tertiary alicyclic amines) is 1. The molecule has 2 amide bonds. The number of nitrogens with zero attached hydrogens (tertiary/aromatic N) is 1. The quantitative estimate of drug-likeness (QED) is 0.834. The Morgan fingerprint density at radius 2 is 2.04 bits per heavy atom. The molecule has 2 aliphatic heterocycles. The Morgan fingerprint density at radius 3 is 2.71 bits per heavy atom. The molecule has 28 heavy (non-hydrogen) atoms. The van der Waals surface area contributed by atoms with Crippen LogP contribution in [0.15, 0.2) is 24.3 Å². The average Bonchev–Trinajstić information content (AvgIpc) is 2.82. The van der Waals surface area contributed by atoms with E-state index in [1.807, 2.05) is 23.1 Å². The highest BCUT2D eigenvalue weighted by molar-refractivity contribution is 5.87. The van der Waals surface area contributed by atoms with E-state index in [0.29, 0.717) is 19.0 Å². The molecule has 3 aliphatic rings. The van der Waals surface area contributed by atoms with Gasteiger partial charge in [-0.3, -0.25) is 9.59 Å². The first-order valence-corrected chi connectivity index (χ1v) is 10.6. The topological polar surface area (TPSA) is 70.7 Å². The maximum atomic E-state index is 13.1. The van der Waals surface area contributed by atoms with Crippen LogP contribution in [0.3, 0.4) is 0 Å². The first kappa shape index (κ1) is 19.2. The Kier molecular flexibility index (Phi) is 5.58. The van der Waals surface area contributed by atoms with Crippen LogP contribution in [0.5, 0.6) is 5.75 Å². The molecule has 1 aromatic carbocycles. The van der Waals surface area contributed by atoms with Gasteiger partial charge in [-0.2, -0.15) is 0 Å². The average molecular weight is 386 g/mol. The van der Waals surface area contributed by atoms with Crippen molar-refractivity contribution >= 4 is 11.8 Å². The van der Waals surface area contributed by atoms with Crippen LogP contribution in [-0.4, -0.2) is 48.0 Å². The lowest BCUT2D eigenvalue weighted by Gasteiger charge is -2.42. The molecule has 2 N–H and O–H groups in total. The summed E-state index contributed by atoms with van der Waals surface area (Å²) in [6.07, 6.45) is 5.96. The zero-order valence-electron chi connectivity index (χ0n) is 16.7. The van der Waals surface area contributed by atoms with Gasteiger partial charge < -0.3 is 20.3 Å². The standard InChI is InChI=1S/C22H31N3O3/c1-16(26)24-19(13-17-5-4-6-17)21(27)25-11-9-22(10-12-25)15-23-14-18-7-2-3-8-20(18)28-22/h2-3,7-8,17,19,23H,4-6,9-15H2,1H3,(H,24,26)/t19-/m1/s1. The van der Waals surface area contributed by atoms with Crippen molar-refractivity contribution in [3.63, 3.8) is 0 Å². The number of amides is 2. The van der Waals surface area contributed by atoms with Gasteiger partial charge in [-0.15, -0.1) is 0 Å². The number of hydrogen-bond donors (Lipinski definition) is 2. The van der Waals surface area contributed by atoms with E-state index >= 15 is 0 Å². The van der Waals surface area contributed by atoms with Crippen LogP contribution in [-0.2, 0) is 16.1 Å². The molecule has 4 rings (SSSR count). The third-order valence-corrected chi connectivity index (χ3v) is 6.52. The van der Waals surface area contributed by atoms with Crippen molar-refractivity contribution in [3.05, 3.63) is 29.8 Å². The number of para-hydroxylation sites is 1. The number of rotatable bonds is 4. The van der Waals surface area contributed by atoms with E-state index in [-0.39, 0.29) is 23.5 Å². The van der Waals surface area contributed by atoms with Crippen molar-refractivity contribution in [1.29, 1.82) is 0 Å². The number of carbonyl (C=O) groups is 2. The van der Waals surface area contributed by atoms with Gasteiger partial charge in [0.2, 0.25) is 11.8 Å². The van der Waals surface area contributed by atoms with Crippen LogP contribution in [0.25, 0.3) is 0 Å². The number of nitrogens with one attached hydrogen (secondary N) is 2. The molecule has 2 fully saturated rings. The first-order chi connectivity index (χ1) is 13.5. The molecule has 1 saturated carbocycles. The number of benzene rings is 1. The molecule has 2 heterocycles. The predicted octanol–water partition coefficient (Wildman–Crippen LogP) is 2.22. The Bertz CT molecular complexity index is 723. The second kappa shape index (κ2) is 8.11. The van der Waals surface area contributed by atoms with Gasteiger partial charge >= 0.3 is 0 Å². The largest absolute Gasteiger partial charge is 0.485 e. The summed E-state index contributed by atoms with van der Waals surface area (Å²) in [7, 11) is 0. The van der Waals surface area contributed by atoms with Crippen molar-refractivity contribution in [2.24, 2.45) is 5.92 Å². The number of ether oxygens (including phenoxy) is 1. The molecule has 0 radical (unpaired) electrons. The van der Waals surface area contributed by atoms with Gasteiger partial charge in [-0.25, -0.2) is 0 Å². The van der Waals surface area contributed by atoms with Crippen LogP contribution in [0, 0.1) is 5.92 Å².